The summed E-state index contributed by atoms with van der Waals surface area (Å²) in [6, 6.07) is 14.3. The molecule has 2 rings (SSSR count). The summed E-state index contributed by atoms with van der Waals surface area (Å²) in [4.78, 5) is 34.0. The Bertz CT molecular complexity index is 761. The highest BCUT2D eigenvalue weighted by atomic mass is 16.6. The summed E-state index contributed by atoms with van der Waals surface area (Å²) in [7, 11) is 0. The molecule has 0 saturated heterocycles. The summed E-state index contributed by atoms with van der Waals surface area (Å²) in [6.45, 7) is 1.44. The van der Waals surface area contributed by atoms with Crippen molar-refractivity contribution in [1.29, 1.82) is 0 Å². The van der Waals surface area contributed by atoms with Crippen molar-refractivity contribution in [3.8, 4) is 0 Å². The maximum atomic E-state index is 11.9. The quantitative estimate of drug-likeness (QED) is 0.616. The van der Waals surface area contributed by atoms with Crippen molar-refractivity contribution in [2.24, 2.45) is 0 Å². The van der Waals surface area contributed by atoms with E-state index in [4.69, 9.17) is 4.74 Å². The van der Waals surface area contributed by atoms with E-state index in [0.717, 1.165) is 5.56 Å². The Morgan fingerprint density at radius 3 is 2.44 bits per heavy atom. The number of non-ortho nitro benzene ring substituents is 1. The zero-order chi connectivity index (χ0) is 18.2. The summed E-state index contributed by atoms with van der Waals surface area (Å²) in [6.07, 6.45) is -0.563. The Hall–Kier alpha value is -3.22. The minimum Gasteiger partial charge on any atom is -0.445 e. The lowest BCUT2D eigenvalue weighted by Gasteiger charge is -2.16. The van der Waals surface area contributed by atoms with Crippen LogP contribution in [0.15, 0.2) is 54.6 Å². The smallest absolute Gasteiger partial charge is 0.408 e. The molecule has 130 valence electrons. The number of nitro groups is 1. The van der Waals surface area contributed by atoms with Crippen molar-refractivity contribution >= 4 is 17.6 Å². The number of ketones is 1. The summed E-state index contributed by atoms with van der Waals surface area (Å²) in [5, 5.41) is 13.3. The van der Waals surface area contributed by atoms with Gasteiger partial charge in [-0.2, -0.15) is 0 Å². The largest absolute Gasteiger partial charge is 0.445 e. The number of Topliss-reactive ketones (excluding diaryl/α,β-unsaturated/α-hetero) is 1. The number of amides is 1. The van der Waals surface area contributed by atoms with E-state index in [1.165, 1.54) is 19.1 Å². The highest BCUT2D eigenvalue weighted by Crippen LogP contribution is 2.15. The number of benzene rings is 2. The van der Waals surface area contributed by atoms with E-state index in [1.807, 2.05) is 30.3 Å². The van der Waals surface area contributed by atoms with Crippen LogP contribution in [0, 0.1) is 10.1 Å². The average Bonchev–Trinajstić information content (AvgIpc) is 2.60. The molecule has 0 heterocycles. The van der Waals surface area contributed by atoms with Crippen molar-refractivity contribution in [1.82, 2.24) is 5.32 Å². The predicted molar refractivity (Wildman–Crippen MR) is 91.0 cm³/mol. The number of carbonyl (C=O) groups is 2. The standard InChI is InChI=1S/C18H18N2O5/c1-13(21)17(11-15-8-5-9-16(10-15)20(23)24)19-18(22)25-12-14-6-3-2-4-7-14/h2-10,17H,11-12H2,1H3,(H,19,22)/t17-/m0/s1. The normalized spacial score (nSPS) is 11.4. The van der Waals surface area contributed by atoms with Gasteiger partial charge in [-0.05, 0) is 18.1 Å². The van der Waals surface area contributed by atoms with Crippen LogP contribution in [0.25, 0.3) is 0 Å². The molecule has 7 heteroatoms. The van der Waals surface area contributed by atoms with Crippen molar-refractivity contribution in [3.63, 3.8) is 0 Å². The zero-order valence-corrected chi connectivity index (χ0v) is 13.7. The number of ether oxygens (including phenoxy) is 1. The lowest BCUT2D eigenvalue weighted by Crippen LogP contribution is -2.41. The molecule has 0 aliphatic rings. The van der Waals surface area contributed by atoms with Gasteiger partial charge in [0.25, 0.3) is 5.69 Å². The Morgan fingerprint density at radius 1 is 1.12 bits per heavy atom. The van der Waals surface area contributed by atoms with Crippen LogP contribution in [0.5, 0.6) is 0 Å². The first-order chi connectivity index (χ1) is 12.0. The Morgan fingerprint density at radius 2 is 1.80 bits per heavy atom. The van der Waals surface area contributed by atoms with Crippen LogP contribution in [0.2, 0.25) is 0 Å². The lowest BCUT2D eigenvalue weighted by molar-refractivity contribution is -0.384. The fourth-order valence-corrected chi connectivity index (χ4v) is 2.24. The molecule has 0 aliphatic heterocycles. The molecule has 0 aliphatic carbocycles. The minimum atomic E-state index is -0.815. The maximum absolute atomic E-state index is 11.9. The van der Waals surface area contributed by atoms with Crippen LogP contribution < -0.4 is 5.32 Å². The average molecular weight is 342 g/mol. The number of alkyl carbamates (subject to hydrolysis) is 1. The minimum absolute atomic E-state index is 0.0635. The van der Waals surface area contributed by atoms with Gasteiger partial charge in [0.05, 0.1) is 11.0 Å². The topological polar surface area (TPSA) is 98.5 Å². The molecular formula is C18H18N2O5. The molecule has 7 nitrogen and oxygen atoms in total. The fraction of sp³-hybridized carbons (Fsp3) is 0.222. The highest BCUT2D eigenvalue weighted by Gasteiger charge is 2.19. The van der Waals surface area contributed by atoms with Gasteiger partial charge in [-0.25, -0.2) is 4.79 Å². The van der Waals surface area contributed by atoms with Gasteiger partial charge in [-0.15, -0.1) is 0 Å². The van der Waals surface area contributed by atoms with Crippen LogP contribution in [0.4, 0.5) is 10.5 Å². The first kappa shape index (κ1) is 18.1. The summed E-state index contributed by atoms with van der Waals surface area (Å²) in [5.41, 5.74) is 1.35. The molecule has 1 atom stereocenters. The lowest BCUT2D eigenvalue weighted by atomic mass is 10.0. The van der Waals surface area contributed by atoms with E-state index >= 15 is 0 Å². The van der Waals surface area contributed by atoms with Gasteiger partial charge in [-0.1, -0.05) is 42.5 Å². The third-order valence-electron chi connectivity index (χ3n) is 3.56. The second kappa shape index (κ2) is 8.58. The molecular weight excluding hydrogens is 324 g/mol. The number of carbonyl (C=O) groups excluding carboxylic acids is 2. The number of nitrogens with one attached hydrogen (secondary N) is 1. The second-order valence-electron chi connectivity index (χ2n) is 5.50. The molecule has 25 heavy (non-hydrogen) atoms. The molecule has 0 radical (unpaired) electrons. The van der Waals surface area contributed by atoms with Gasteiger partial charge in [0.2, 0.25) is 0 Å². The van der Waals surface area contributed by atoms with Crippen LogP contribution in [-0.4, -0.2) is 22.8 Å². The van der Waals surface area contributed by atoms with Crippen LogP contribution >= 0.6 is 0 Å². The van der Waals surface area contributed by atoms with Crippen LogP contribution in [0.3, 0.4) is 0 Å². The molecule has 1 amide bonds. The zero-order valence-electron chi connectivity index (χ0n) is 13.7. The third kappa shape index (κ3) is 5.72. The fourth-order valence-electron chi connectivity index (χ4n) is 2.24. The summed E-state index contributed by atoms with van der Waals surface area (Å²) < 4.78 is 5.10. The molecule has 2 aromatic carbocycles. The molecule has 0 fully saturated rings. The van der Waals surface area contributed by atoms with Crippen molar-refractivity contribution in [3.05, 3.63) is 75.8 Å². The molecule has 0 unspecified atom stereocenters. The molecule has 1 N–H and O–H groups in total. The number of nitro benzene ring substituents is 1. The number of nitrogens with zero attached hydrogens (tertiary/aromatic N) is 1. The predicted octanol–water partition coefficient (Wildman–Crippen LogP) is 3.02. The number of hydrogen-bond acceptors (Lipinski definition) is 5. The van der Waals surface area contributed by atoms with Gasteiger partial charge in [-0.3, -0.25) is 14.9 Å². The van der Waals surface area contributed by atoms with Crippen molar-refractivity contribution < 1.29 is 19.2 Å². The van der Waals surface area contributed by atoms with E-state index in [9.17, 15) is 19.7 Å². The van der Waals surface area contributed by atoms with E-state index in [-0.39, 0.29) is 24.5 Å². The third-order valence-corrected chi connectivity index (χ3v) is 3.56. The van der Waals surface area contributed by atoms with E-state index in [1.54, 1.807) is 12.1 Å². The van der Waals surface area contributed by atoms with E-state index < -0.39 is 17.1 Å². The van der Waals surface area contributed by atoms with Gasteiger partial charge in [0.1, 0.15) is 6.61 Å². The number of rotatable bonds is 7. The summed E-state index contributed by atoms with van der Waals surface area (Å²) in [5.74, 6) is -0.261. The first-order valence-electron chi connectivity index (χ1n) is 7.66. The van der Waals surface area contributed by atoms with Gasteiger partial charge in [0.15, 0.2) is 5.78 Å². The SMILES string of the molecule is CC(=O)[C@H](Cc1cccc([N+](=O)[O-])c1)NC(=O)OCc1ccccc1. The van der Waals surface area contributed by atoms with Crippen molar-refractivity contribution in [2.45, 2.75) is 26.0 Å². The first-order valence-corrected chi connectivity index (χ1v) is 7.66. The van der Waals surface area contributed by atoms with E-state index in [2.05, 4.69) is 5.32 Å². The molecule has 0 bridgehead atoms. The maximum Gasteiger partial charge on any atom is 0.408 e. The second-order valence-corrected chi connectivity index (χ2v) is 5.50. The van der Waals surface area contributed by atoms with Gasteiger partial charge in [0, 0.05) is 18.6 Å². The summed E-state index contributed by atoms with van der Waals surface area (Å²) >= 11 is 0. The Labute approximate surface area is 144 Å². The van der Waals surface area contributed by atoms with Crippen LogP contribution in [-0.2, 0) is 22.6 Å². The van der Waals surface area contributed by atoms with Crippen LogP contribution in [0.1, 0.15) is 18.1 Å². The molecule has 0 saturated carbocycles. The van der Waals surface area contributed by atoms with Gasteiger partial charge < -0.3 is 10.1 Å². The molecule has 0 spiro atoms. The molecule has 0 aromatic heterocycles. The van der Waals surface area contributed by atoms with E-state index in [0.29, 0.717) is 5.56 Å². The monoisotopic (exact) mass is 342 g/mol. The Balaban J connectivity index is 1.96. The van der Waals surface area contributed by atoms with Gasteiger partial charge >= 0.3 is 6.09 Å². The Kier molecular flexibility index (Phi) is 6.22. The molecule has 2 aromatic rings. The number of hydrogen-bond donors (Lipinski definition) is 1. The van der Waals surface area contributed by atoms with Crippen molar-refractivity contribution in [2.75, 3.05) is 0 Å². The highest BCUT2D eigenvalue weighted by molar-refractivity contribution is 5.85.